The highest BCUT2D eigenvalue weighted by Gasteiger charge is 2.58. The van der Waals surface area contributed by atoms with Crippen LogP contribution in [-0.2, 0) is 11.0 Å². The number of nitrogens with zero attached hydrogens (tertiary/aromatic N) is 4. The van der Waals surface area contributed by atoms with Crippen LogP contribution >= 0.6 is 11.3 Å². The van der Waals surface area contributed by atoms with Gasteiger partial charge < -0.3 is 15.0 Å². The summed E-state index contributed by atoms with van der Waals surface area (Å²) in [7, 11) is 0. The number of alkyl halides is 5. The van der Waals surface area contributed by atoms with E-state index in [0.717, 1.165) is 17.3 Å². The lowest BCUT2D eigenvalue weighted by atomic mass is 10.0. The van der Waals surface area contributed by atoms with Crippen LogP contribution in [0, 0.1) is 12.8 Å². The van der Waals surface area contributed by atoms with Gasteiger partial charge in [0.05, 0.1) is 17.3 Å². The Labute approximate surface area is 216 Å². The largest absolute Gasteiger partial charge is 0.481 e. The van der Waals surface area contributed by atoms with Crippen LogP contribution in [0.15, 0.2) is 30.7 Å². The summed E-state index contributed by atoms with van der Waals surface area (Å²) in [4.78, 5) is 39.0. The molecule has 2 unspecified atom stereocenters. The van der Waals surface area contributed by atoms with Crippen molar-refractivity contribution in [1.29, 1.82) is 0 Å². The fourth-order valence-electron chi connectivity index (χ4n) is 4.04. The average Bonchev–Trinajstić information content (AvgIpc) is 3.23. The van der Waals surface area contributed by atoms with Crippen LogP contribution in [-0.4, -0.2) is 45.8 Å². The van der Waals surface area contributed by atoms with Crippen molar-refractivity contribution in [3.8, 4) is 16.3 Å². The summed E-state index contributed by atoms with van der Waals surface area (Å²) in [5.74, 6) is -6.05. The van der Waals surface area contributed by atoms with Gasteiger partial charge in [-0.25, -0.2) is 23.7 Å². The molecule has 2 aromatic heterocycles. The molecule has 2 amide bonds. The van der Waals surface area contributed by atoms with E-state index in [1.807, 2.05) is 6.92 Å². The zero-order valence-corrected chi connectivity index (χ0v) is 20.8. The molecule has 0 spiro atoms. The van der Waals surface area contributed by atoms with Crippen molar-refractivity contribution in [3.63, 3.8) is 0 Å². The summed E-state index contributed by atoms with van der Waals surface area (Å²) >= 11 is 1.32. The minimum Gasteiger partial charge on any atom is -0.481 e. The Morgan fingerprint density at radius 2 is 1.92 bits per heavy atom. The Kier molecular flexibility index (Phi) is 6.32. The van der Waals surface area contributed by atoms with Crippen LogP contribution in [0.2, 0.25) is 0 Å². The lowest BCUT2D eigenvalue weighted by Crippen LogP contribution is -2.41. The lowest BCUT2D eigenvalue weighted by Gasteiger charge is -2.31. The topological polar surface area (TPSA) is 97.3 Å². The highest BCUT2D eigenvalue weighted by Crippen LogP contribution is 2.51. The molecule has 14 heteroatoms. The predicted octanol–water partition coefficient (Wildman–Crippen LogP) is 4.80. The number of fused-ring (bicyclic) bond motifs is 1. The van der Waals surface area contributed by atoms with Gasteiger partial charge in [0.2, 0.25) is 5.82 Å². The van der Waals surface area contributed by atoms with Crippen molar-refractivity contribution in [2.45, 2.75) is 38.4 Å². The molecular formula is C24H20F5N5O3S. The fraction of sp³-hybridized carbons (Fsp3) is 0.375. The minimum atomic E-state index is -4.70. The summed E-state index contributed by atoms with van der Waals surface area (Å²) in [5.41, 5.74) is 0.898. The predicted molar refractivity (Wildman–Crippen MR) is 126 cm³/mol. The number of rotatable bonds is 6. The quantitative estimate of drug-likeness (QED) is 0.441. The molecule has 1 fully saturated rings. The number of nitrogens with one attached hydrogen (secondary N) is 1. The maximum atomic E-state index is 13.7. The van der Waals surface area contributed by atoms with E-state index in [0.29, 0.717) is 10.6 Å². The van der Waals surface area contributed by atoms with E-state index in [9.17, 15) is 31.5 Å². The number of benzene rings is 1. The maximum absolute atomic E-state index is 13.7. The number of halogens is 5. The van der Waals surface area contributed by atoms with Crippen LogP contribution < -0.4 is 15.0 Å². The van der Waals surface area contributed by atoms with Crippen molar-refractivity contribution in [2.24, 2.45) is 5.92 Å². The summed E-state index contributed by atoms with van der Waals surface area (Å²) in [6.07, 6.45) is -1.46. The third kappa shape index (κ3) is 5.04. The van der Waals surface area contributed by atoms with Crippen LogP contribution in [0.3, 0.4) is 0 Å². The molecule has 0 bridgehead atoms. The van der Waals surface area contributed by atoms with Gasteiger partial charge in [-0.15, -0.1) is 11.3 Å². The van der Waals surface area contributed by atoms with Crippen molar-refractivity contribution >= 4 is 28.8 Å². The van der Waals surface area contributed by atoms with Gasteiger partial charge >= 0.3 is 6.18 Å². The van der Waals surface area contributed by atoms with Gasteiger partial charge in [-0.1, -0.05) is 0 Å². The smallest absolute Gasteiger partial charge is 0.451 e. The summed E-state index contributed by atoms with van der Waals surface area (Å²) in [5, 5.41) is 3.18. The van der Waals surface area contributed by atoms with Crippen LogP contribution in [0.1, 0.15) is 46.0 Å². The van der Waals surface area contributed by atoms with Gasteiger partial charge in [0.1, 0.15) is 5.01 Å². The number of amides is 2. The zero-order valence-electron chi connectivity index (χ0n) is 20.0. The Hall–Kier alpha value is -3.68. The number of hydrogen-bond donors (Lipinski definition) is 1. The molecule has 0 radical (unpaired) electrons. The normalized spacial score (nSPS) is 19.0. The first-order valence-electron chi connectivity index (χ1n) is 11.5. The van der Waals surface area contributed by atoms with E-state index in [1.54, 1.807) is 13.1 Å². The molecule has 3 aromatic rings. The number of hydrogen-bond acceptors (Lipinski definition) is 7. The second-order valence-corrected chi connectivity index (χ2v) is 10.4. The molecule has 3 heterocycles. The second kappa shape index (κ2) is 9.26. The first kappa shape index (κ1) is 25.9. The van der Waals surface area contributed by atoms with E-state index in [2.05, 4.69) is 20.3 Å². The molecule has 1 aromatic carbocycles. The van der Waals surface area contributed by atoms with E-state index in [4.69, 9.17) is 4.74 Å². The highest BCUT2D eigenvalue weighted by molar-refractivity contribution is 7.15. The van der Waals surface area contributed by atoms with E-state index in [-0.39, 0.29) is 42.1 Å². The standard InChI is InChI=1S/C24H20F5N5O3S/c1-11-6-30-21(38-11)16-3-13(20(36)33-12(2)14-7-31-22(32-8-14)24(27,28)29)4-17-19(16)37-10-18(35)34(17)9-15-5-23(15,25)26/h3-4,6-8,12,15H,5,9-10H2,1-2H3,(H,33,36). The number of ether oxygens (including phenoxy) is 1. The van der Waals surface area contributed by atoms with Crippen molar-refractivity contribution in [1.82, 2.24) is 20.3 Å². The molecule has 38 heavy (non-hydrogen) atoms. The molecule has 0 saturated heterocycles. The molecule has 8 nitrogen and oxygen atoms in total. The Morgan fingerprint density at radius 1 is 1.24 bits per heavy atom. The van der Waals surface area contributed by atoms with Crippen LogP contribution in [0.4, 0.5) is 27.6 Å². The fourth-order valence-corrected chi connectivity index (χ4v) is 4.82. The van der Waals surface area contributed by atoms with Gasteiger partial charge in [0.15, 0.2) is 12.4 Å². The first-order valence-corrected chi connectivity index (χ1v) is 12.3. The number of aromatic nitrogens is 3. The summed E-state index contributed by atoms with van der Waals surface area (Å²) in [6, 6.07) is 2.12. The van der Waals surface area contributed by atoms with Gasteiger partial charge in [-0.05, 0) is 26.0 Å². The van der Waals surface area contributed by atoms with E-state index >= 15 is 0 Å². The first-order chi connectivity index (χ1) is 17.8. The van der Waals surface area contributed by atoms with Crippen molar-refractivity contribution < 1.29 is 36.3 Å². The van der Waals surface area contributed by atoms with Gasteiger partial charge in [-0.2, -0.15) is 13.2 Å². The molecule has 200 valence electrons. The molecule has 1 aliphatic heterocycles. The third-order valence-electron chi connectivity index (χ3n) is 6.25. The Balaban J connectivity index is 1.48. The molecule has 2 atom stereocenters. The van der Waals surface area contributed by atoms with Crippen molar-refractivity contribution in [3.05, 3.63) is 52.6 Å². The average molecular weight is 554 g/mol. The van der Waals surface area contributed by atoms with Gasteiger partial charge in [0, 0.05) is 53.5 Å². The number of carbonyl (C=O) groups excluding carboxylic acids is 2. The number of thiazole rings is 1. The minimum absolute atomic E-state index is 0.0807. The number of aryl methyl sites for hydroxylation is 1. The third-order valence-corrected chi connectivity index (χ3v) is 7.19. The lowest BCUT2D eigenvalue weighted by molar-refractivity contribution is -0.145. The molecular weight excluding hydrogens is 533 g/mol. The van der Waals surface area contributed by atoms with Crippen molar-refractivity contribution in [2.75, 3.05) is 18.1 Å². The van der Waals surface area contributed by atoms with Crippen LogP contribution in [0.25, 0.3) is 10.6 Å². The van der Waals surface area contributed by atoms with Gasteiger partial charge in [-0.3, -0.25) is 9.59 Å². The number of carbonyl (C=O) groups is 2. The zero-order chi connectivity index (χ0) is 27.4. The molecule has 1 aliphatic carbocycles. The van der Waals surface area contributed by atoms with E-state index in [1.165, 1.54) is 28.4 Å². The van der Waals surface area contributed by atoms with E-state index < -0.39 is 41.7 Å². The summed E-state index contributed by atoms with van der Waals surface area (Å²) < 4.78 is 71.4. The molecule has 5 rings (SSSR count). The SMILES string of the molecule is Cc1cnc(-c2cc(C(=O)NC(C)c3cnc(C(F)(F)F)nc3)cc3c2OCC(=O)N3CC2CC2(F)F)s1. The maximum Gasteiger partial charge on any atom is 0.451 e. The van der Waals surface area contributed by atoms with Gasteiger partial charge in [0.25, 0.3) is 17.7 Å². The Morgan fingerprint density at radius 3 is 2.50 bits per heavy atom. The highest BCUT2D eigenvalue weighted by atomic mass is 32.1. The summed E-state index contributed by atoms with van der Waals surface area (Å²) in [6.45, 7) is 2.80. The Bertz CT molecular complexity index is 1410. The number of anilines is 1. The van der Waals surface area contributed by atoms with Crippen LogP contribution in [0.5, 0.6) is 5.75 Å². The molecule has 2 aliphatic rings. The monoisotopic (exact) mass is 553 g/mol. The molecule has 1 saturated carbocycles. The molecule has 1 N–H and O–H groups in total. The second-order valence-electron chi connectivity index (χ2n) is 9.14.